The summed E-state index contributed by atoms with van der Waals surface area (Å²) in [5, 5.41) is 0. The van der Waals surface area contributed by atoms with Crippen molar-refractivity contribution in [3.8, 4) is 0 Å². The second-order valence-electron chi connectivity index (χ2n) is 8.50. The standard InChI is InChI=1S/C16H20F6N2OS/c17-15(18,19)14(16(20,21)22)7-11(12(23)25)24(26-14)13-4-8-1-9(5-13)3-10(2-8)6-13/h8-11H,1-7H2,(H2,23,25). The van der Waals surface area contributed by atoms with Gasteiger partial charge in [-0.3, -0.25) is 4.79 Å². The van der Waals surface area contributed by atoms with Crippen LogP contribution in [0.25, 0.3) is 0 Å². The van der Waals surface area contributed by atoms with Gasteiger partial charge in [0, 0.05) is 12.0 Å². The molecule has 3 nitrogen and oxygen atoms in total. The highest BCUT2D eigenvalue weighted by Crippen LogP contribution is 2.66. The minimum absolute atomic E-state index is 0.221. The maximum absolute atomic E-state index is 13.6. The third-order valence-electron chi connectivity index (χ3n) is 6.74. The van der Waals surface area contributed by atoms with E-state index < -0.39 is 41.0 Å². The third-order valence-corrected chi connectivity index (χ3v) is 8.52. The van der Waals surface area contributed by atoms with Crippen molar-refractivity contribution in [3.05, 3.63) is 0 Å². The summed E-state index contributed by atoms with van der Waals surface area (Å²) in [6.07, 6.45) is -7.75. The number of hydrogen-bond donors (Lipinski definition) is 1. The molecule has 148 valence electrons. The molecule has 5 rings (SSSR count). The molecule has 1 amide bonds. The Kier molecular flexibility index (Phi) is 3.93. The first kappa shape index (κ1) is 18.7. The largest absolute Gasteiger partial charge is 0.413 e. The van der Waals surface area contributed by atoms with Gasteiger partial charge in [-0.2, -0.15) is 26.3 Å². The highest BCUT2D eigenvalue weighted by atomic mass is 32.2. The van der Waals surface area contributed by atoms with Gasteiger partial charge in [-0.15, -0.1) is 0 Å². The van der Waals surface area contributed by atoms with Crippen LogP contribution >= 0.6 is 11.9 Å². The summed E-state index contributed by atoms with van der Waals surface area (Å²) in [6, 6.07) is -1.56. The summed E-state index contributed by atoms with van der Waals surface area (Å²) in [5.74, 6) is -0.143. The molecule has 1 aliphatic heterocycles. The Balaban J connectivity index is 1.75. The van der Waals surface area contributed by atoms with E-state index in [1.807, 2.05) is 0 Å². The number of primary amides is 1. The molecule has 0 aromatic heterocycles. The van der Waals surface area contributed by atoms with Gasteiger partial charge < -0.3 is 5.73 Å². The maximum Gasteiger partial charge on any atom is 0.413 e. The van der Waals surface area contributed by atoms with Crippen LogP contribution in [-0.2, 0) is 4.79 Å². The number of carbonyl (C=O) groups excluding carboxylic acids is 1. The second-order valence-corrected chi connectivity index (χ2v) is 9.78. The monoisotopic (exact) mass is 402 g/mol. The summed E-state index contributed by atoms with van der Waals surface area (Å²) >= 11 is -0.221. The van der Waals surface area contributed by atoms with E-state index in [4.69, 9.17) is 5.73 Å². The van der Waals surface area contributed by atoms with Crippen LogP contribution in [0.3, 0.4) is 0 Å². The Morgan fingerprint density at radius 1 is 0.885 bits per heavy atom. The molecule has 4 bridgehead atoms. The molecule has 5 fully saturated rings. The number of nitrogens with zero attached hydrogens (tertiary/aromatic N) is 1. The van der Waals surface area contributed by atoms with Crippen molar-refractivity contribution in [1.82, 2.24) is 4.31 Å². The predicted molar refractivity (Wildman–Crippen MR) is 82.8 cm³/mol. The second kappa shape index (κ2) is 5.46. The molecule has 0 aromatic carbocycles. The third kappa shape index (κ3) is 2.50. The SMILES string of the molecule is NC(=O)C1CC(C(F)(F)F)(C(F)(F)F)SN1C12CC3CC(CC(C3)C1)C2. The van der Waals surface area contributed by atoms with Gasteiger partial charge in [-0.1, -0.05) is 11.9 Å². The van der Waals surface area contributed by atoms with E-state index in [9.17, 15) is 31.1 Å². The van der Waals surface area contributed by atoms with Gasteiger partial charge in [0.2, 0.25) is 10.7 Å². The molecule has 26 heavy (non-hydrogen) atoms. The molecule has 1 atom stereocenters. The number of halogens is 6. The number of rotatable bonds is 2. The molecule has 0 radical (unpaired) electrons. The molecule has 0 aromatic rings. The summed E-state index contributed by atoms with van der Waals surface area (Å²) in [6.45, 7) is 0. The van der Waals surface area contributed by atoms with E-state index in [0.29, 0.717) is 37.0 Å². The first-order chi connectivity index (χ1) is 11.9. The van der Waals surface area contributed by atoms with Crippen LogP contribution in [-0.4, -0.2) is 38.9 Å². The number of alkyl halides is 6. The van der Waals surface area contributed by atoms with Gasteiger partial charge in [0.05, 0.1) is 0 Å². The Morgan fingerprint density at radius 2 is 1.31 bits per heavy atom. The van der Waals surface area contributed by atoms with E-state index >= 15 is 0 Å². The summed E-state index contributed by atoms with van der Waals surface area (Å²) in [7, 11) is 0. The lowest BCUT2D eigenvalue weighted by molar-refractivity contribution is -0.264. The van der Waals surface area contributed by atoms with Crippen LogP contribution in [0.5, 0.6) is 0 Å². The van der Waals surface area contributed by atoms with Crippen molar-refractivity contribution < 1.29 is 31.1 Å². The minimum atomic E-state index is -5.51. The number of hydrogen-bond acceptors (Lipinski definition) is 3. The number of carbonyl (C=O) groups is 1. The fourth-order valence-corrected chi connectivity index (χ4v) is 7.60. The minimum Gasteiger partial charge on any atom is -0.368 e. The van der Waals surface area contributed by atoms with E-state index in [-0.39, 0.29) is 11.9 Å². The van der Waals surface area contributed by atoms with Crippen LogP contribution in [0.2, 0.25) is 0 Å². The van der Waals surface area contributed by atoms with Crippen LogP contribution in [0.15, 0.2) is 0 Å². The van der Waals surface area contributed by atoms with E-state index in [2.05, 4.69) is 0 Å². The van der Waals surface area contributed by atoms with Crippen molar-refractivity contribution in [2.45, 2.75) is 73.6 Å². The molecule has 1 heterocycles. The van der Waals surface area contributed by atoms with Crippen molar-refractivity contribution in [3.63, 3.8) is 0 Å². The maximum atomic E-state index is 13.6. The first-order valence-corrected chi connectivity index (χ1v) is 9.55. The van der Waals surface area contributed by atoms with Crippen LogP contribution in [0, 0.1) is 17.8 Å². The van der Waals surface area contributed by atoms with Gasteiger partial charge >= 0.3 is 12.4 Å². The van der Waals surface area contributed by atoms with E-state index in [0.717, 1.165) is 23.6 Å². The Labute approximate surface area is 151 Å². The molecular formula is C16H20F6N2OS. The van der Waals surface area contributed by atoms with Crippen LogP contribution < -0.4 is 5.73 Å². The highest BCUT2D eigenvalue weighted by Gasteiger charge is 2.77. The molecule has 5 aliphatic rings. The number of amides is 1. The topological polar surface area (TPSA) is 46.3 Å². The normalized spacial score (nSPS) is 42.4. The molecule has 0 spiro atoms. The van der Waals surface area contributed by atoms with Crippen LogP contribution in [0.4, 0.5) is 26.3 Å². The molecule has 1 saturated heterocycles. The zero-order chi connectivity index (χ0) is 19.1. The lowest BCUT2D eigenvalue weighted by Crippen LogP contribution is -2.60. The van der Waals surface area contributed by atoms with Gasteiger partial charge in [0.1, 0.15) is 6.04 Å². The fraction of sp³-hybridized carbons (Fsp3) is 0.938. The van der Waals surface area contributed by atoms with Gasteiger partial charge in [-0.05, 0) is 56.3 Å². The predicted octanol–water partition coefficient (Wildman–Crippen LogP) is 4.03. The smallest absolute Gasteiger partial charge is 0.368 e. The van der Waals surface area contributed by atoms with Gasteiger partial charge in [0.15, 0.2) is 0 Å². The molecular weight excluding hydrogens is 382 g/mol. The molecule has 1 unspecified atom stereocenters. The summed E-state index contributed by atoms with van der Waals surface area (Å²) in [5.41, 5.74) is 4.51. The highest BCUT2D eigenvalue weighted by molar-refractivity contribution is 7.98. The average Bonchev–Trinajstić information content (AvgIpc) is 2.88. The van der Waals surface area contributed by atoms with Crippen molar-refractivity contribution in [1.29, 1.82) is 0 Å². The average molecular weight is 402 g/mol. The van der Waals surface area contributed by atoms with E-state index in [1.54, 1.807) is 0 Å². The van der Waals surface area contributed by atoms with Crippen molar-refractivity contribution in [2.75, 3.05) is 0 Å². The first-order valence-electron chi connectivity index (χ1n) is 8.78. The Bertz CT molecular complexity index is 570. The zero-order valence-corrected chi connectivity index (χ0v) is 14.7. The summed E-state index contributed by atoms with van der Waals surface area (Å²) < 4.78 is 78.6. The lowest BCUT2D eigenvalue weighted by Gasteiger charge is -2.60. The quantitative estimate of drug-likeness (QED) is 0.561. The van der Waals surface area contributed by atoms with Gasteiger partial charge in [0.25, 0.3) is 0 Å². The molecule has 4 saturated carbocycles. The fourth-order valence-electron chi connectivity index (χ4n) is 6.10. The van der Waals surface area contributed by atoms with Gasteiger partial charge in [-0.25, -0.2) is 4.31 Å². The molecule has 4 aliphatic carbocycles. The van der Waals surface area contributed by atoms with E-state index in [1.165, 1.54) is 0 Å². The zero-order valence-electron chi connectivity index (χ0n) is 13.9. The van der Waals surface area contributed by atoms with Crippen LogP contribution in [0.1, 0.15) is 44.9 Å². The molecule has 2 N–H and O–H groups in total. The number of nitrogens with two attached hydrogens (primary N) is 1. The molecule has 10 heteroatoms. The van der Waals surface area contributed by atoms with Crippen molar-refractivity contribution in [2.24, 2.45) is 23.5 Å². The Hall–Kier alpha value is -0.640. The summed E-state index contributed by atoms with van der Waals surface area (Å²) in [4.78, 5) is 11.9. The lowest BCUT2D eigenvalue weighted by atomic mass is 9.53. The van der Waals surface area contributed by atoms with Crippen molar-refractivity contribution >= 4 is 17.9 Å². The Morgan fingerprint density at radius 3 is 1.65 bits per heavy atom.